The van der Waals surface area contributed by atoms with Crippen LogP contribution in [0.15, 0.2) is 34.6 Å². The summed E-state index contributed by atoms with van der Waals surface area (Å²) in [6.45, 7) is 1.99. The number of nitrogens with one attached hydrogen (secondary N) is 1. The number of halogens is 1. The number of hydrogen-bond donors (Lipinski definition) is 1. The molecule has 1 atom stereocenters. The smallest absolute Gasteiger partial charge is 0.190 e. The van der Waals surface area contributed by atoms with Crippen molar-refractivity contribution in [2.75, 3.05) is 7.05 Å². The van der Waals surface area contributed by atoms with E-state index in [2.05, 4.69) is 15.4 Å². The van der Waals surface area contributed by atoms with Crippen LogP contribution >= 0.6 is 11.8 Å². The van der Waals surface area contributed by atoms with Crippen molar-refractivity contribution in [2.24, 2.45) is 7.05 Å². The van der Waals surface area contributed by atoms with Crippen LogP contribution in [0.4, 0.5) is 4.39 Å². The second kappa shape index (κ2) is 5.49. The summed E-state index contributed by atoms with van der Waals surface area (Å²) in [7, 11) is 3.63. The molecule has 1 aromatic carbocycles. The summed E-state index contributed by atoms with van der Waals surface area (Å²) < 4.78 is 15.6. The Bertz CT molecular complexity index is 541. The number of hydrogen-bond acceptors (Lipinski definition) is 4. The standard InChI is InChI=1S/C12H15FN4S/c1-8(14-2)9-4-5-11(10(13)6-9)18-12-15-7-16-17(12)3/h4-8,14H,1-3H3. The molecule has 0 bridgehead atoms. The molecule has 1 N–H and O–H groups in total. The summed E-state index contributed by atoms with van der Waals surface area (Å²) in [6.07, 6.45) is 1.46. The number of benzene rings is 1. The third-order valence-corrected chi connectivity index (χ3v) is 3.86. The van der Waals surface area contributed by atoms with Crippen molar-refractivity contribution < 1.29 is 4.39 Å². The van der Waals surface area contributed by atoms with Gasteiger partial charge < -0.3 is 5.32 Å². The van der Waals surface area contributed by atoms with Crippen LogP contribution in [0.25, 0.3) is 0 Å². The van der Waals surface area contributed by atoms with Crippen molar-refractivity contribution >= 4 is 11.8 Å². The fourth-order valence-corrected chi connectivity index (χ4v) is 2.28. The highest BCUT2D eigenvalue weighted by Crippen LogP contribution is 2.29. The average Bonchev–Trinajstić information content (AvgIpc) is 2.76. The zero-order valence-electron chi connectivity index (χ0n) is 10.5. The first kappa shape index (κ1) is 13.0. The molecule has 4 nitrogen and oxygen atoms in total. The summed E-state index contributed by atoms with van der Waals surface area (Å²) in [5.41, 5.74) is 0.928. The molecular weight excluding hydrogens is 251 g/mol. The maximum atomic E-state index is 14.0. The first-order valence-corrected chi connectivity index (χ1v) is 6.42. The predicted octanol–water partition coefficient (Wildman–Crippen LogP) is 2.39. The van der Waals surface area contributed by atoms with Gasteiger partial charge in [-0.3, -0.25) is 0 Å². The molecular formula is C12H15FN4S. The molecule has 2 aromatic rings. The predicted molar refractivity (Wildman–Crippen MR) is 69.0 cm³/mol. The molecule has 0 aliphatic heterocycles. The summed E-state index contributed by atoms with van der Waals surface area (Å²) in [4.78, 5) is 4.62. The fraction of sp³-hybridized carbons (Fsp3) is 0.333. The fourth-order valence-electron chi connectivity index (χ4n) is 1.51. The first-order chi connectivity index (χ1) is 8.61. The Morgan fingerprint density at radius 3 is 2.78 bits per heavy atom. The molecule has 0 fully saturated rings. The zero-order chi connectivity index (χ0) is 13.1. The van der Waals surface area contributed by atoms with Crippen molar-refractivity contribution in [3.63, 3.8) is 0 Å². The van der Waals surface area contributed by atoms with E-state index in [4.69, 9.17) is 0 Å². The van der Waals surface area contributed by atoms with E-state index in [1.165, 1.54) is 18.1 Å². The molecule has 0 saturated carbocycles. The van der Waals surface area contributed by atoms with Crippen LogP contribution in [0.1, 0.15) is 18.5 Å². The number of rotatable bonds is 4. The van der Waals surface area contributed by atoms with Gasteiger partial charge in [-0.15, -0.1) is 0 Å². The number of aromatic nitrogens is 3. The summed E-state index contributed by atoms with van der Waals surface area (Å²) >= 11 is 1.27. The van der Waals surface area contributed by atoms with E-state index in [0.717, 1.165) is 5.56 Å². The van der Waals surface area contributed by atoms with Crippen molar-refractivity contribution in [3.05, 3.63) is 35.9 Å². The van der Waals surface area contributed by atoms with Gasteiger partial charge in [-0.2, -0.15) is 5.10 Å². The Balaban J connectivity index is 2.23. The lowest BCUT2D eigenvalue weighted by Gasteiger charge is -2.11. The highest BCUT2D eigenvalue weighted by molar-refractivity contribution is 7.99. The van der Waals surface area contributed by atoms with E-state index in [1.54, 1.807) is 23.9 Å². The van der Waals surface area contributed by atoms with Gasteiger partial charge in [0.15, 0.2) is 5.16 Å². The van der Waals surface area contributed by atoms with Crippen LogP contribution < -0.4 is 5.32 Å². The van der Waals surface area contributed by atoms with E-state index >= 15 is 0 Å². The van der Waals surface area contributed by atoms with Crippen molar-refractivity contribution in [1.29, 1.82) is 0 Å². The van der Waals surface area contributed by atoms with Gasteiger partial charge in [-0.05, 0) is 43.4 Å². The zero-order valence-corrected chi connectivity index (χ0v) is 11.3. The minimum Gasteiger partial charge on any atom is -0.313 e. The Kier molecular flexibility index (Phi) is 3.98. The molecule has 96 valence electrons. The van der Waals surface area contributed by atoms with Crippen molar-refractivity contribution in [1.82, 2.24) is 20.1 Å². The average molecular weight is 266 g/mol. The van der Waals surface area contributed by atoms with Gasteiger partial charge >= 0.3 is 0 Å². The van der Waals surface area contributed by atoms with Gasteiger partial charge in [0.25, 0.3) is 0 Å². The lowest BCUT2D eigenvalue weighted by Crippen LogP contribution is -2.12. The molecule has 0 amide bonds. The molecule has 1 unspecified atom stereocenters. The van der Waals surface area contributed by atoms with E-state index in [-0.39, 0.29) is 11.9 Å². The normalized spacial score (nSPS) is 12.7. The SMILES string of the molecule is CNC(C)c1ccc(Sc2ncnn2C)c(F)c1. The van der Waals surface area contributed by atoms with Crippen LogP contribution in [-0.4, -0.2) is 21.8 Å². The molecule has 6 heteroatoms. The number of aryl methyl sites for hydroxylation is 1. The van der Waals surface area contributed by atoms with Crippen LogP contribution in [-0.2, 0) is 7.05 Å². The highest BCUT2D eigenvalue weighted by atomic mass is 32.2. The van der Waals surface area contributed by atoms with Gasteiger partial charge in [-0.25, -0.2) is 14.1 Å². The maximum Gasteiger partial charge on any atom is 0.190 e. The van der Waals surface area contributed by atoms with Crippen LogP contribution in [0, 0.1) is 5.82 Å². The largest absolute Gasteiger partial charge is 0.313 e. The molecule has 18 heavy (non-hydrogen) atoms. The molecule has 0 aliphatic rings. The topological polar surface area (TPSA) is 42.7 Å². The van der Waals surface area contributed by atoms with Gasteiger partial charge in [0.2, 0.25) is 0 Å². The molecule has 2 rings (SSSR count). The Morgan fingerprint density at radius 2 is 2.22 bits per heavy atom. The minimum atomic E-state index is -0.234. The highest BCUT2D eigenvalue weighted by Gasteiger charge is 2.11. The molecule has 0 radical (unpaired) electrons. The van der Waals surface area contributed by atoms with E-state index in [9.17, 15) is 4.39 Å². The summed E-state index contributed by atoms with van der Waals surface area (Å²) in [5, 5.41) is 7.71. The monoisotopic (exact) mass is 266 g/mol. The minimum absolute atomic E-state index is 0.133. The molecule has 1 aromatic heterocycles. The first-order valence-electron chi connectivity index (χ1n) is 5.60. The van der Waals surface area contributed by atoms with Crippen LogP contribution in [0.5, 0.6) is 0 Å². The lowest BCUT2D eigenvalue weighted by molar-refractivity contribution is 0.586. The Morgan fingerprint density at radius 1 is 1.44 bits per heavy atom. The van der Waals surface area contributed by atoms with E-state index in [0.29, 0.717) is 10.1 Å². The number of nitrogens with zero attached hydrogens (tertiary/aromatic N) is 3. The summed E-state index contributed by atoms with van der Waals surface area (Å²) in [6, 6.07) is 5.38. The molecule has 0 aliphatic carbocycles. The van der Waals surface area contributed by atoms with Crippen LogP contribution in [0.3, 0.4) is 0 Å². The summed E-state index contributed by atoms with van der Waals surface area (Å²) in [5.74, 6) is -0.234. The van der Waals surface area contributed by atoms with E-state index < -0.39 is 0 Å². The molecule has 0 spiro atoms. The van der Waals surface area contributed by atoms with Gasteiger partial charge in [0.1, 0.15) is 12.1 Å². The van der Waals surface area contributed by atoms with Crippen LogP contribution in [0.2, 0.25) is 0 Å². The lowest BCUT2D eigenvalue weighted by atomic mass is 10.1. The third kappa shape index (κ3) is 2.70. The van der Waals surface area contributed by atoms with Crippen molar-refractivity contribution in [2.45, 2.75) is 23.0 Å². The van der Waals surface area contributed by atoms with Gasteiger partial charge in [-0.1, -0.05) is 6.07 Å². The second-order valence-corrected chi connectivity index (χ2v) is 4.98. The Labute approximate surface area is 110 Å². The van der Waals surface area contributed by atoms with E-state index in [1.807, 2.05) is 20.0 Å². The molecule has 1 heterocycles. The third-order valence-electron chi connectivity index (χ3n) is 2.76. The van der Waals surface area contributed by atoms with Gasteiger partial charge in [0.05, 0.1) is 4.90 Å². The quantitative estimate of drug-likeness (QED) is 0.922. The maximum absolute atomic E-state index is 14.0. The Hall–Kier alpha value is -1.40. The van der Waals surface area contributed by atoms with Crippen molar-refractivity contribution in [3.8, 4) is 0 Å². The molecule has 0 saturated heterocycles. The van der Waals surface area contributed by atoms with Gasteiger partial charge in [0, 0.05) is 13.1 Å². The second-order valence-electron chi connectivity index (χ2n) is 3.97.